The summed E-state index contributed by atoms with van der Waals surface area (Å²) in [5.74, 6) is -0.392. The molecule has 0 bridgehead atoms. The van der Waals surface area contributed by atoms with Crippen molar-refractivity contribution >= 4 is 17.5 Å². The number of rotatable bonds is 4. The van der Waals surface area contributed by atoms with Gasteiger partial charge in [0.25, 0.3) is 0 Å². The fourth-order valence-electron chi connectivity index (χ4n) is 0.909. The second-order valence-corrected chi connectivity index (χ2v) is 4.01. The van der Waals surface area contributed by atoms with Gasteiger partial charge < -0.3 is 16.2 Å². The molecule has 15 heavy (non-hydrogen) atoms. The lowest BCUT2D eigenvalue weighted by molar-refractivity contribution is -0.146. The summed E-state index contributed by atoms with van der Waals surface area (Å²) in [6.45, 7) is 3.66. The van der Waals surface area contributed by atoms with Crippen LogP contribution >= 0.6 is 0 Å². The van der Waals surface area contributed by atoms with Crippen LogP contribution in [0.4, 0.5) is 11.5 Å². The van der Waals surface area contributed by atoms with Gasteiger partial charge in [0.05, 0.1) is 17.3 Å². The van der Waals surface area contributed by atoms with Crippen LogP contribution < -0.4 is 11.1 Å². The zero-order valence-electron chi connectivity index (χ0n) is 8.82. The number of nitrogen functional groups attached to an aromatic ring is 1. The highest BCUT2D eigenvalue weighted by Crippen LogP contribution is 2.16. The van der Waals surface area contributed by atoms with Crippen LogP contribution in [0.1, 0.15) is 13.8 Å². The maximum absolute atomic E-state index is 10.8. The van der Waals surface area contributed by atoms with Gasteiger partial charge in [0.2, 0.25) is 0 Å². The van der Waals surface area contributed by atoms with E-state index in [2.05, 4.69) is 10.3 Å². The summed E-state index contributed by atoms with van der Waals surface area (Å²) in [5, 5.41) is 11.9. The van der Waals surface area contributed by atoms with Crippen LogP contribution in [0.15, 0.2) is 18.3 Å². The Balaban J connectivity index is 2.57. The van der Waals surface area contributed by atoms with Gasteiger partial charge in [0.15, 0.2) is 0 Å². The molecule has 0 aromatic carbocycles. The molecule has 0 saturated carbocycles. The van der Waals surface area contributed by atoms with Crippen molar-refractivity contribution in [2.45, 2.75) is 13.8 Å². The minimum atomic E-state index is -0.835. The predicted octanol–water partition coefficient (Wildman–Crippen LogP) is 1.19. The minimum Gasteiger partial charge on any atom is -0.481 e. The van der Waals surface area contributed by atoms with E-state index in [1.165, 1.54) is 0 Å². The van der Waals surface area contributed by atoms with Gasteiger partial charge in [0, 0.05) is 6.54 Å². The largest absolute Gasteiger partial charge is 0.481 e. The van der Waals surface area contributed by atoms with Crippen LogP contribution in [0.2, 0.25) is 0 Å². The molecule has 0 unspecified atom stereocenters. The molecule has 0 amide bonds. The monoisotopic (exact) mass is 209 g/mol. The Bertz CT molecular complexity index is 346. The molecule has 0 aliphatic carbocycles. The summed E-state index contributed by atoms with van der Waals surface area (Å²) in [4.78, 5) is 14.7. The molecule has 82 valence electrons. The molecular weight excluding hydrogens is 194 g/mol. The molecule has 4 N–H and O–H groups in total. The lowest BCUT2D eigenvalue weighted by atomic mass is 9.94. The van der Waals surface area contributed by atoms with Gasteiger partial charge in [-0.2, -0.15) is 0 Å². The van der Waals surface area contributed by atoms with Gasteiger partial charge in [-0.1, -0.05) is 0 Å². The number of aliphatic carboxylic acids is 1. The summed E-state index contributed by atoms with van der Waals surface area (Å²) in [6.07, 6.45) is 1.58. The van der Waals surface area contributed by atoms with Crippen LogP contribution in [-0.4, -0.2) is 22.6 Å². The fourth-order valence-corrected chi connectivity index (χ4v) is 0.909. The molecule has 0 aliphatic heterocycles. The first kappa shape index (κ1) is 11.3. The topological polar surface area (TPSA) is 88.2 Å². The third kappa shape index (κ3) is 3.12. The number of nitrogens with one attached hydrogen (secondary N) is 1. The van der Waals surface area contributed by atoms with Crippen molar-refractivity contribution in [2.24, 2.45) is 5.41 Å². The fraction of sp³-hybridized carbons (Fsp3) is 0.400. The van der Waals surface area contributed by atoms with E-state index in [1.54, 1.807) is 32.2 Å². The molecule has 0 saturated heterocycles. The summed E-state index contributed by atoms with van der Waals surface area (Å²) in [5.41, 5.74) is 5.38. The molecule has 0 fully saturated rings. The number of hydrogen-bond donors (Lipinski definition) is 3. The van der Waals surface area contributed by atoms with Crippen molar-refractivity contribution in [3.8, 4) is 0 Å². The normalized spacial score (nSPS) is 11.1. The highest BCUT2D eigenvalue weighted by molar-refractivity contribution is 5.74. The van der Waals surface area contributed by atoms with Gasteiger partial charge in [0.1, 0.15) is 5.82 Å². The molecule has 1 aromatic rings. The predicted molar refractivity (Wildman–Crippen MR) is 58.6 cm³/mol. The maximum atomic E-state index is 10.8. The zero-order chi connectivity index (χ0) is 11.5. The average Bonchev–Trinajstić information content (AvgIpc) is 2.17. The Morgan fingerprint density at radius 1 is 1.60 bits per heavy atom. The Kier molecular flexibility index (Phi) is 3.14. The van der Waals surface area contributed by atoms with Crippen LogP contribution in [0.25, 0.3) is 0 Å². The average molecular weight is 209 g/mol. The van der Waals surface area contributed by atoms with Gasteiger partial charge in [-0.05, 0) is 26.0 Å². The Morgan fingerprint density at radius 3 is 2.73 bits per heavy atom. The first-order chi connectivity index (χ1) is 6.92. The lowest BCUT2D eigenvalue weighted by Crippen LogP contribution is -2.31. The van der Waals surface area contributed by atoms with Crippen molar-refractivity contribution in [1.29, 1.82) is 0 Å². The molecule has 5 nitrogen and oxygen atoms in total. The number of carbonyl (C=O) groups is 1. The Labute approximate surface area is 88.3 Å². The number of pyridine rings is 1. The highest BCUT2D eigenvalue weighted by atomic mass is 16.4. The van der Waals surface area contributed by atoms with E-state index in [1.807, 2.05) is 0 Å². The molecule has 1 aromatic heterocycles. The summed E-state index contributed by atoms with van der Waals surface area (Å²) in [6, 6.07) is 3.43. The van der Waals surface area contributed by atoms with E-state index in [9.17, 15) is 4.79 Å². The van der Waals surface area contributed by atoms with Gasteiger partial charge in [-0.25, -0.2) is 4.98 Å². The second kappa shape index (κ2) is 4.16. The van der Waals surface area contributed by atoms with Crippen LogP contribution in [0.5, 0.6) is 0 Å². The first-order valence-corrected chi connectivity index (χ1v) is 4.60. The Hall–Kier alpha value is -1.78. The molecule has 0 atom stereocenters. The van der Waals surface area contributed by atoms with Crippen molar-refractivity contribution in [2.75, 3.05) is 17.6 Å². The molecule has 5 heteroatoms. The smallest absolute Gasteiger partial charge is 0.310 e. The van der Waals surface area contributed by atoms with Gasteiger partial charge >= 0.3 is 5.97 Å². The maximum Gasteiger partial charge on any atom is 0.310 e. The van der Waals surface area contributed by atoms with E-state index in [0.29, 0.717) is 12.4 Å². The number of carboxylic acid groups (broad SMARTS) is 1. The second-order valence-electron chi connectivity index (χ2n) is 4.01. The molecule has 1 heterocycles. The zero-order valence-corrected chi connectivity index (χ0v) is 8.82. The van der Waals surface area contributed by atoms with E-state index >= 15 is 0 Å². The quantitative estimate of drug-likeness (QED) is 0.693. The highest BCUT2D eigenvalue weighted by Gasteiger charge is 2.26. The lowest BCUT2D eigenvalue weighted by Gasteiger charge is -2.20. The molecular formula is C10H15N3O2. The van der Waals surface area contributed by atoms with E-state index in [0.717, 1.165) is 5.69 Å². The van der Waals surface area contributed by atoms with Gasteiger partial charge in [-0.15, -0.1) is 0 Å². The van der Waals surface area contributed by atoms with Crippen LogP contribution in [-0.2, 0) is 4.79 Å². The van der Waals surface area contributed by atoms with Gasteiger partial charge in [-0.3, -0.25) is 4.79 Å². The summed E-state index contributed by atoms with van der Waals surface area (Å²) < 4.78 is 0. The van der Waals surface area contributed by atoms with E-state index in [4.69, 9.17) is 10.8 Å². The third-order valence-corrected chi connectivity index (χ3v) is 2.10. The number of aromatic nitrogens is 1. The number of nitrogens with two attached hydrogens (primary N) is 1. The van der Waals surface area contributed by atoms with Crippen LogP contribution in [0, 0.1) is 5.41 Å². The standard InChI is InChI=1S/C10H15N3O2/c1-10(2,9(14)15)6-13-7-3-4-8(11)12-5-7/h3-5,13H,6H2,1-2H3,(H2,11,12)(H,14,15). The summed E-state index contributed by atoms with van der Waals surface area (Å²) >= 11 is 0. The number of carboxylic acids is 1. The van der Waals surface area contributed by atoms with E-state index < -0.39 is 11.4 Å². The number of nitrogens with zero attached hydrogens (tertiary/aromatic N) is 1. The van der Waals surface area contributed by atoms with Crippen molar-refractivity contribution in [3.63, 3.8) is 0 Å². The van der Waals surface area contributed by atoms with E-state index in [-0.39, 0.29) is 0 Å². The Morgan fingerprint density at radius 2 is 2.27 bits per heavy atom. The third-order valence-electron chi connectivity index (χ3n) is 2.10. The van der Waals surface area contributed by atoms with Crippen molar-refractivity contribution < 1.29 is 9.90 Å². The molecule has 0 spiro atoms. The molecule has 0 radical (unpaired) electrons. The first-order valence-electron chi connectivity index (χ1n) is 4.60. The minimum absolute atomic E-state index is 0.341. The molecule has 0 aliphatic rings. The SMILES string of the molecule is CC(C)(CNc1ccc(N)nc1)C(=O)O. The summed E-state index contributed by atoms with van der Waals surface area (Å²) in [7, 11) is 0. The van der Waals surface area contributed by atoms with Crippen LogP contribution in [0.3, 0.4) is 0 Å². The number of hydrogen-bond acceptors (Lipinski definition) is 4. The van der Waals surface area contributed by atoms with Crippen molar-refractivity contribution in [1.82, 2.24) is 4.98 Å². The number of anilines is 2. The molecule has 1 rings (SSSR count). The van der Waals surface area contributed by atoms with Crippen molar-refractivity contribution in [3.05, 3.63) is 18.3 Å².